The van der Waals surface area contributed by atoms with E-state index < -0.39 is 17.2 Å². The number of aromatic amines is 1. The number of carbonyl (C=O) groups excluding carboxylic acids is 1. The number of allylic oxidation sites excluding steroid dienone is 2. The lowest BCUT2D eigenvalue weighted by Gasteiger charge is -2.11. The third kappa shape index (κ3) is 5.69. The molecule has 1 atom stereocenters. The van der Waals surface area contributed by atoms with Gasteiger partial charge in [0.1, 0.15) is 5.82 Å². The lowest BCUT2D eigenvalue weighted by Crippen LogP contribution is -2.29. The quantitative estimate of drug-likeness (QED) is 0.482. The Morgan fingerprint density at radius 3 is 2.61 bits per heavy atom. The van der Waals surface area contributed by atoms with Crippen LogP contribution in [0, 0.1) is 5.92 Å². The van der Waals surface area contributed by atoms with E-state index in [0.717, 1.165) is 23.1 Å². The Kier molecular flexibility index (Phi) is 7.38. The summed E-state index contributed by atoms with van der Waals surface area (Å²) >= 11 is 0. The van der Waals surface area contributed by atoms with Gasteiger partial charge < -0.3 is 15.4 Å². The molecular weight excluding hydrogens is 390 g/mol. The topological polar surface area (TPSA) is 95.1 Å². The summed E-state index contributed by atoms with van der Waals surface area (Å²) in [4.78, 5) is 31.6. The van der Waals surface area contributed by atoms with Crippen molar-refractivity contribution in [2.45, 2.75) is 26.7 Å². The van der Waals surface area contributed by atoms with E-state index in [1.54, 1.807) is 0 Å². The average Bonchev–Trinajstić information content (AvgIpc) is 2.77. The minimum atomic E-state index is -0.727. The van der Waals surface area contributed by atoms with Gasteiger partial charge in [-0.3, -0.25) is 9.59 Å². The minimum Gasteiger partial charge on any atom is -0.501 e. The summed E-state index contributed by atoms with van der Waals surface area (Å²) in [5.74, 6) is -0.595. The lowest BCUT2D eigenvalue weighted by atomic mass is 9.97. The molecule has 0 spiro atoms. The van der Waals surface area contributed by atoms with Gasteiger partial charge in [-0.25, -0.2) is 4.98 Å². The van der Waals surface area contributed by atoms with Crippen molar-refractivity contribution in [3.63, 3.8) is 0 Å². The molecule has 0 aliphatic carbocycles. The van der Waals surface area contributed by atoms with Crippen LogP contribution in [0.4, 0.5) is 0 Å². The van der Waals surface area contributed by atoms with Gasteiger partial charge in [0.15, 0.2) is 5.69 Å². The van der Waals surface area contributed by atoms with Gasteiger partial charge in [0.2, 0.25) is 5.75 Å². The summed E-state index contributed by atoms with van der Waals surface area (Å²) in [6, 6.07) is 17.7. The van der Waals surface area contributed by atoms with Gasteiger partial charge in [0.25, 0.3) is 11.5 Å². The molecule has 6 nitrogen and oxygen atoms in total. The van der Waals surface area contributed by atoms with Crippen LogP contribution in [-0.4, -0.2) is 27.5 Å². The summed E-state index contributed by atoms with van der Waals surface area (Å²) in [5, 5.41) is 12.8. The standard InChI is InChI=1S/C25H27N3O3/c1-3-9-17(2)14-15-26-24(30)22-23(29)25(31)28-21(27-22)16-19-12-7-8-13-20(19)18-10-5-4-6-11-18/h3-13,17,29H,14-16H2,1-2H3,(H,26,30)(H,27,28,31)/b9-3-. The number of hydrogen-bond acceptors (Lipinski definition) is 4. The molecule has 1 amide bonds. The first-order valence-corrected chi connectivity index (χ1v) is 10.4. The van der Waals surface area contributed by atoms with Crippen LogP contribution in [0.25, 0.3) is 11.1 Å². The Bertz CT molecular complexity index is 1120. The van der Waals surface area contributed by atoms with Crippen LogP contribution in [-0.2, 0) is 6.42 Å². The van der Waals surface area contributed by atoms with Crippen LogP contribution in [0.5, 0.6) is 5.75 Å². The van der Waals surface area contributed by atoms with Crippen molar-refractivity contribution in [2.75, 3.05) is 6.54 Å². The first kappa shape index (κ1) is 22.0. The van der Waals surface area contributed by atoms with Gasteiger partial charge in [-0.1, -0.05) is 73.7 Å². The van der Waals surface area contributed by atoms with E-state index in [0.29, 0.717) is 24.7 Å². The number of nitrogens with one attached hydrogen (secondary N) is 2. The minimum absolute atomic E-state index is 0.255. The largest absolute Gasteiger partial charge is 0.501 e. The smallest absolute Gasteiger partial charge is 0.293 e. The molecule has 0 radical (unpaired) electrons. The van der Waals surface area contributed by atoms with Crippen LogP contribution in [0.2, 0.25) is 0 Å². The summed E-state index contributed by atoms with van der Waals surface area (Å²) in [7, 11) is 0. The predicted octanol–water partition coefficient (Wildman–Crippen LogP) is 4.07. The maximum atomic E-state index is 12.5. The second-order valence-electron chi connectivity index (χ2n) is 7.46. The molecule has 0 aliphatic rings. The maximum Gasteiger partial charge on any atom is 0.293 e. The number of aromatic nitrogens is 2. The first-order valence-electron chi connectivity index (χ1n) is 10.4. The van der Waals surface area contributed by atoms with E-state index in [2.05, 4.69) is 28.3 Å². The molecule has 31 heavy (non-hydrogen) atoms. The highest BCUT2D eigenvalue weighted by Gasteiger charge is 2.18. The molecule has 3 aromatic rings. The zero-order valence-corrected chi connectivity index (χ0v) is 17.8. The second-order valence-corrected chi connectivity index (χ2v) is 7.46. The molecule has 0 saturated heterocycles. The molecule has 0 saturated carbocycles. The monoisotopic (exact) mass is 417 g/mol. The normalized spacial score (nSPS) is 12.1. The fourth-order valence-corrected chi connectivity index (χ4v) is 3.43. The van der Waals surface area contributed by atoms with Crippen molar-refractivity contribution < 1.29 is 9.90 Å². The zero-order valence-electron chi connectivity index (χ0n) is 17.8. The Morgan fingerprint density at radius 2 is 1.87 bits per heavy atom. The Labute approximate surface area is 181 Å². The molecule has 0 bridgehead atoms. The average molecular weight is 418 g/mol. The van der Waals surface area contributed by atoms with Crippen LogP contribution in [0.1, 0.15) is 42.1 Å². The van der Waals surface area contributed by atoms with Crippen LogP contribution >= 0.6 is 0 Å². The summed E-state index contributed by atoms with van der Waals surface area (Å²) in [6.45, 7) is 4.42. The highest BCUT2D eigenvalue weighted by molar-refractivity contribution is 5.94. The van der Waals surface area contributed by atoms with Gasteiger partial charge in [0.05, 0.1) is 0 Å². The highest BCUT2D eigenvalue weighted by atomic mass is 16.3. The molecule has 1 heterocycles. The molecule has 160 valence electrons. The van der Waals surface area contributed by atoms with Crippen molar-refractivity contribution >= 4 is 5.91 Å². The van der Waals surface area contributed by atoms with E-state index in [1.165, 1.54) is 0 Å². The molecule has 1 unspecified atom stereocenters. The SMILES string of the molecule is C/C=C\C(C)CCNC(=O)c1nc(Cc2ccccc2-c2ccccc2)[nH]c(=O)c1O. The van der Waals surface area contributed by atoms with Crippen molar-refractivity contribution in [1.82, 2.24) is 15.3 Å². The fraction of sp³-hybridized carbons (Fsp3) is 0.240. The van der Waals surface area contributed by atoms with E-state index >= 15 is 0 Å². The van der Waals surface area contributed by atoms with Gasteiger partial charge in [-0.2, -0.15) is 0 Å². The van der Waals surface area contributed by atoms with Gasteiger partial charge >= 0.3 is 0 Å². The van der Waals surface area contributed by atoms with E-state index in [4.69, 9.17) is 0 Å². The Morgan fingerprint density at radius 1 is 1.16 bits per heavy atom. The summed E-state index contributed by atoms with van der Waals surface area (Å²) in [6.07, 6.45) is 5.09. The maximum absolute atomic E-state index is 12.5. The molecule has 3 N–H and O–H groups in total. The Balaban J connectivity index is 1.82. The molecule has 2 aromatic carbocycles. The number of carbonyl (C=O) groups is 1. The van der Waals surface area contributed by atoms with Crippen LogP contribution < -0.4 is 10.9 Å². The number of benzene rings is 2. The summed E-state index contributed by atoms with van der Waals surface area (Å²) in [5.41, 5.74) is 2.04. The molecule has 1 aromatic heterocycles. The third-order valence-electron chi connectivity index (χ3n) is 5.03. The number of amides is 1. The third-order valence-corrected chi connectivity index (χ3v) is 5.03. The lowest BCUT2D eigenvalue weighted by molar-refractivity contribution is 0.0943. The number of H-pyrrole nitrogens is 1. The number of rotatable bonds is 8. The molecule has 0 aliphatic heterocycles. The number of hydrogen-bond donors (Lipinski definition) is 3. The zero-order chi connectivity index (χ0) is 22.2. The van der Waals surface area contributed by atoms with Crippen molar-refractivity contribution in [1.29, 1.82) is 0 Å². The second kappa shape index (κ2) is 10.4. The molecule has 0 fully saturated rings. The van der Waals surface area contributed by atoms with Crippen molar-refractivity contribution in [3.05, 3.63) is 94.2 Å². The fourth-order valence-electron chi connectivity index (χ4n) is 3.43. The highest BCUT2D eigenvalue weighted by Crippen LogP contribution is 2.25. The van der Waals surface area contributed by atoms with Crippen LogP contribution in [0.15, 0.2) is 71.5 Å². The van der Waals surface area contributed by atoms with E-state index in [-0.39, 0.29) is 5.69 Å². The van der Waals surface area contributed by atoms with Gasteiger partial charge in [0, 0.05) is 13.0 Å². The summed E-state index contributed by atoms with van der Waals surface area (Å²) < 4.78 is 0. The van der Waals surface area contributed by atoms with E-state index in [1.807, 2.05) is 67.6 Å². The van der Waals surface area contributed by atoms with Crippen molar-refractivity contribution in [2.24, 2.45) is 5.92 Å². The Hall–Kier alpha value is -3.67. The van der Waals surface area contributed by atoms with Gasteiger partial charge in [-0.15, -0.1) is 0 Å². The molecular formula is C25H27N3O3. The van der Waals surface area contributed by atoms with Crippen molar-refractivity contribution in [3.8, 4) is 16.9 Å². The first-order chi connectivity index (χ1) is 15.0. The predicted molar refractivity (Wildman–Crippen MR) is 122 cm³/mol. The van der Waals surface area contributed by atoms with Crippen LogP contribution in [0.3, 0.4) is 0 Å². The number of aromatic hydroxyl groups is 1. The van der Waals surface area contributed by atoms with Gasteiger partial charge in [-0.05, 0) is 36.0 Å². The van der Waals surface area contributed by atoms with E-state index in [9.17, 15) is 14.7 Å². The molecule has 3 rings (SSSR count). The molecule has 6 heteroatoms. The number of nitrogens with zero attached hydrogens (tertiary/aromatic N) is 1.